The molecular weight excluding hydrogens is 272 g/mol. The molecule has 0 spiro atoms. The van der Waals surface area contributed by atoms with Gasteiger partial charge in [-0.3, -0.25) is 14.5 Å². The normalized spacial score (nSPS) is 19.1. The minimum Gasteiger partial charge on any atom is -0.494 e. The van der Waals surface area contributed by atoms with Crippen LogP contribution in [-0.4, -0.2) is 54.2 Å². The van der Waals surface area contributed by atoms with Crippen molar-refractivity contribution in [1.82, 2.24) is 10.2 Å². The minimum atomic E-state index is -0.908. The van der Waals surface area contributed by atoms with E-state index in [0.29, 0.717) is 19.6 Å². The third-order valence-electron chi connectivity index (χ3n) is 3.41. The lowest BCUT2D eigenvalue weighted by atomic mass is 10.2. The van der Waals surface area contributed by atoms with E-state index in [1.807, 2.05) is 31.2 Å². The molecule has 1 aliphatic heterocycles. The van der Waals surface area contributed by atoms with Gasteiger partial charge in [-0.15, -0.1) is 0 Å². The van der Waals surface area contributed by atoms with E-state index >= 15 is 0 Å². The fraction of sp³-hybridized carbons (Fsp3) is 0.467. The highest BCUT2D eigenvalue weighted by molar-refractivity contribution is 5.83. The molecule has 1 unspecified atom stereocenters. The van der Waals surface area contributed by atoms with Crippen LogP contribution in [0.4, 0.5) is 0 Å². The van der Waals surface area contributed by atoms with Gasteiger partial charge in [0.05, 0.1) is 13.2 Å². The van der Waals surface area contributed by atoms with Gasteiger partial charge in [-0.05, 0) is 31.0 Å². The number of carbonyl (C=O) groups is 2. The maximum Gasteiger partial charge on any atom is 0.322 e. The van der Waals surface area contributed by atoms with Crippen LogP contribution >= 0.6 is 0 Å². The third kappa shape index (κ3) is 4.46. The Morgan fingerprint density at radius 3 is 3.05 bits per heavy atom. The Bertz CT molecular complexity index is 518. The van der Waals surface area contributed by atoms with Gasteiger partial charge in [-0.25, -0.2) is 0 Å². The zero-order chi connectivity index (χ0) is 15.2. The van der Waals surface area contributed by atoms with Crippen LogP contribution < -0.4 is 10.1 Å². The first-order chi connectivity index (χ1) is 10.1. The lowest BCUT2D eigenvalue weighted by Crippen LogP contribution is -2.57. The molecule has 114 valence electrons. The summed E-state index contributed by atoms with van der Waals surface area (Å²) >= 11 is 0. The van der Waals surface area contributed by atoms with E-state index in [2.05, 4.69) is 5.32 Å². The molecule has 6 nitrogen and oxygen atoms in total. The summed E-state index contributed by atoms with van der Waals surface area (Å²) in [6.07, 6.45) is 0.672. The highest BCUT2D eigenvalue weighted by Gasteiger charge is 2.31. The Morgan fingerprint density at radius 2 is 2.33 bits per heavy atom. The SMILES string of the molecule is Cc1cccc(OCCCN2CC(=O)NCC2C(=O)O)c1. The molecule has 0 saturated carbocycles. The average molecular weight is 292 g/mol. The van der Waals surface area contributed by atoms with Crippen molar-refractivity contribution in [3.63, 3.8) is 0 Å². The van der Waals surface area contributed by atoms with E-state index in [4.69, 9.17) is 9.84 Å². The Hall–Kier alpha value is -2.08. The van der Waals surface area contributed by atoms with Crippen LogP contribution in [0, 0.1) is 6.92 Å². The number of hydrogen-bond acceptors (Lipinski definition) is 4. The summed E-state index contributed by atoms with van der Waals surface area (Å²) in [6.45, 7) is 3.30. The number of nitrogens with zero attached hydrogens (tertiary/aromatic N) is 1. The summed E-state index contributed by atoms with van der Waals surface area (Å²) in [6, 6.07) is 7.12. The van der Waals surface area contributed by atoms with Crippen LogP contribution in [0.2, 0.25) is 0 Å². The predicted molar refractivity (Wildman–Crippen MR) is 77.3 cm³/mol. The third-order valence-corrected chi connectivity index (χ3v) is 3.41. The number of ether oxygens (including phenoxy) is 1. The number of carbonyl (C=O) groups excluding carboxylic acids is 1. The number of carboxylic acid groups (broad SMARTS) is 1. The molecule has 2 N–H and O–H groups in total. The van der Waals surface area contributed by atoms with Crippen LogP contribution in [0.5, 0.6) is 5.75 Å². The van der Waals surface area contributed by atoms with Gasteiger partial charge in [-0.2, -0.15) is 0 Å². The lowest BCUT2D eigenvalue weighted by Gasteiger charge is -2.32. The summed E-state index contributed by atoms with van der Waals surface area (Å²) in [5.74, 6) is -0.233. The molecule has 1 amide bonds. The van der Waals surface area contributed by atoms with Crippen molar-refractivity contribution in [2.24, 2.45) is 0 Å². The number of benzene rings is 1. The number of rotatable bonds is 6. The quantitative estimate of drug-likeness (QED) is 0.753. The molecule has 0 radical (unpaired) electrons. The molecule has 1 atom stereocenters. The van der Waals surface area contributed by atoms with Crippen molar-refractivity contribution < 1.29 is 19.4 Å². The van der Waals surface area contributed by atoms with Crippen LogP contribution in [0.1, 0.15) is 12.0 Å². The Kier molecular flexibility index (Phi) is 5.16. The lowest BCUT2D eigenvalue weighted by molar-refractivity contribution is -0.146. The molecule has 1 aliphatic rings. The van der Waals surface area contributed by atoms with Gasteiger partial charge in [0.1, 0.15) is 11.8 Å². The van der Waals surface area contributed by atoms with E-state index in [1.165, 1.54) is 0 Å². The molecule has 0 aromatic heterocycles. The van der Waals surface area contributed by atoms with Crippen LogP contribution in [-0.2, 0) is 9.59 Å². The molecule has 1 saturated heterocycles. The second-order valence-electron chi connectivity index (χ2n) is 5.15. The number of aliphatic carboxylic acids is 1. The summed E-state index contributed by atoms with van der Waals surface area (Å²) in [4.78, 5) is 24.2. The highest BCUT2D eigenvalue weighted by Crippen LogP contribution is 2.13. The summed E-state index contributed by atoms with van der Waals surface area (Å²) < 4.78 is 5.63. The average Bonchev–Trinajstić information content (AvgIpc) is 2.43. The summed E-state index contributed by atoms with van der Waals surface area (Å²) in [7, 11) is 0. The van der Waals surface area contributed by atoms with Gasteiger partial charge in [0.25, 0.3) is 0 Å². The molecule has 21 heavy (non-hydrogen) atoms. The van der Waals surface area contributed by atoms with Crippen molar-refractivity contribution in [1.29, 1.82) is 0 Å². The number of amides is 1. The standard InChI is InChI=1S/C15H20N2O4/c1-11-4-2-5-12(8-11)21-7-3-6-17-10-14(18)16-9-13(17)15(19)20/h2,4-5,8,13H,3,6-7,9-10H2,1H3,(H,16,18)(H,19,20). The van der Waals surface area contributed by atoms with Crippen LogP contribution in [0.25, 0.3) is 0 Å². The number of hydrogen-bond donors (Lipinski definition) is 2. The zero-order valence-electron chi connectivity index (χ0n) is 12.0. The van der Waals surface area contributed by atoms with Crippen molar-refractivity contribution in [3.05, 3.63) is 29.8 Å². The summed E-state index contributed by atoms with van der Waals surface area (Å²) in [5, 5.41) is 11.7. The molecule has 1 aromatic carbocycles. The Morgan fingerprint density at radius 1 is 1.52 bits per heavy atom. The van der Waals surface area contributed by atoms with E-state index < -0.39 is 12.0 Å². The fourth-order valence-electron chi connectivity index (χ4n) is 2.33. The van der Waals surface area contributed by atoms with E-state index in [-0.39, 0.29) is 19.0 Å². The number of carboxylic acids is 1. The molecule has 1 aromatic rings. The Labute approximate surface area is 123 Å². The highest BCUT2D eigenvalue weighted by atomic mass is 16.5. The molecule has 0 bridgehead atoms. The maximum absolute atomic E-state index is 11.4. The van der Waals surface area contributed by atoms with Crippen LogP contribution in [0.3, 0.4) is 0 Å². The second-order valence-corrected chi connectivity index (χ2v) is 5.15. The van der Waals surface area contributed by atoms with Crippen molar-refractivity contribution in [2.75, 3.05) is 26.2 Å². The van der Waals surface area contributed by atoms with E-state index in [1.54, 1.807) is 4.90 Å². The first kappa shape index (κ1) is 15.3. The zero-order valence-corrected chi connectivity index (χ0v) is 12.0. The maximum atomic E-state index is 11.4. The monoisotopic (exact) mass is 292 g/mol. The predicted octanol–water partition coefficient (Wildman–Crippen LogP) is 0.649. The van der Waals surface area contributed by atoms with Gasteiger partial charge >= 0.3 is 5.97 Å². The van der Waals surface area contributed by atoms with Gasteiger partial charge in [-0.1, -0.05) is 12.1 Å². The van der Waals surface area contributed by atoms with Crippen molar-refractivity contribution in [3.8, 4) is 5.75 Å². The largest absolute Gasteiger partial charge is 0.494 e. The molecule has 2 rings (SSSR count). The van der Waals surface area contributed by atoms with Gasteiger partial charge in [0.2, 0.25) is 5.91 Å². The summed E-state index contributed by atoms with van der Waals surface area (Å²) in [5.41, 5.74) is 1.13. The molecule has 1 heterocycles. The minimum absolute atomic E-state index is 0.126. The number of piperazine rings is 1. The van der Waals surface area contributed by atoms with Crippen molar-refractivity contribution in [2.45, 2.75) is 19.4 Å². The van der Waals surface area contributed by atoms with Crippen LogP contribution in [0.15, 0.2) is 24.3 Å². The Balaban J connectivity index is 1.78. The number of aryl methyl sites for hydroxylation is 1. The van der Waals surface area contributed by atoms with Gasteiger partial charge in [0.15, 0.2) is 0 Å². The molecular formula is C15H20N2O4. The first-order valence-corrected chi connectivity index (χ1v) is 6.99. The van der Waals surface area contributed by atoms with Gasteiger partial charge < -0.3 is 15.2 Å². The smallest absolute Gasteiger partial charge is 0.322 e. The molecule has 1 fully saturated rings. The topological polar surface area (TPSA) is 78.9 Å². The molecule has 6 heteroatoms. The van der Waals surface area contributed by atoms with E-state index in [0.717, 1.165) is 11.3 Å². The number of nitrogens with one attached hydrogen (secondary N) is 1. The first-order valence-electron chi connectivity index (χ1n) is 6.99. The van der Waals surface area contributed by atoms with E-state index in [9.17, 15) is 9.59 Å². The molecule has 0 aliphatic carbocycles. The second kappa shape index (κ2) is 7.08. The fourth-order valence-corrected chi connectivity index (χ4v) is 2.33. The van der Waals surface area contributed by atoms with Gasteiger partial charge in [0, 0.05) is 13.1 Å². The van der Waals surface area contributed by atoms with Crippen molar-refractivity contribution >= 4 is 11.9 Å².